The largest absolute Gasteiger partial charge is 0.278 e. The third kappa shape index (κ3) is 3.46. The summed E-state index contributed by atoms with van der Waals surface area (Å²) in [5.74, 6) is 1.16. The Balaban J connectivity index is 1.59. The minimum Gasteiger partial charge on any atom is -0.276 e. The van der Waals surface area contributed by atoms with E-state index in [1.807, 2.05) is 34.7 Å². The molecule has 0 N–H and O–H groups in total. The average molecular weight is 448 g/mol. The predicted octanol–water partition coefficient (Wildman–Crippen LogP) is 2.95. The maximum atomic E-state index is 13.1. The number of benzene rings is 2. The summed E-state index contributed by atoms with van der Waals surface area (Å²) in [7, 11) is 0. The number of aromatic nitrogens is 7. The smallest absolute Gasteiger partial charge is 0.276 e. The molecule has 0 aliphatic carbocycles. The molecule has 0 radical (unpaired) electrons. The Bertz CT molecular complexity index is 1570. The van der Waals surface area contributed by atoms with Gasteiger partial charge in [0.25, 0.3) is 11.1 Å². The average Bonchev–Trinajstić information content (AvgIpc) is 3.22. The minimum absolute atomic E-state index is 0.0747. The molecule has 3 aromatic heterocycles. The molecule has 2 aromatic carbocycles. The Morgan fingerprint density at radius 1 is 0.906 bits per heavy atom. The Morgan fingerprint density at radius 3 is 2.47 bits per heavy atom. The highest BCUT2D eigenvalue weighted by Crippen LogP contribution is 2.22. The van der Waals surface area contributed by atoms with Crippen molar-refractivity contribution in [2.75, 3.05) is 0 Å². The molecule has 0 fully saturated rings. The van der Waals surface area contributed by atoms with Crippen LogP contribution in [0.4, 0.5) is 0 Å². The third-order valence-corrected chi connectivity index (χ3v) is 6.25. The fraction of sp³-hybridized carbons (Fsp3) is 0.273. The number of thioether (sulfide) groups is 1. The van der Waals surface area contributed by atoms with Crippen LogP contribution in [0.3, 0.4) is 0 Å². The molecular weight excluding hydrogens is 426 g/mol. The first-order valence-corrected chi connectivity index (χ1v) is 11.3. The fourth-order valence-electron chi connectivity index (χ4n) is 3.64. The summed E-state index contributed by atoms with van der Waals surface area (Å²) < 4.78 is 4.87. The summed E-state index contributed by atoms with van der Waals surface area (Å²) in [6.45, 7) is 4.80. The number of para-hydroxylation sites is 1. The monoisotopic (exact) mass is 447 g/mol. The van der Waals surface area contributed by atoms with Crippen molar-refractivity contribution in [3.8, 4) is 0 Å². The Labute approximate surface area is 186 Å². The van der Waals surface area contributed by atoms with Gasteiger partial charge >= 0.3 is 0 Å². The van der Waals surface area contributed by atoms with Crippen LogP contribution in [0.1, 0.15) is 20.3 Å². The topological polar surface area (TPSA) is 100.0 Å². The van der Waals surface area contributed by atoms with E-state index in [1.165, 1.54) is 16.4 Å². The van der Waals surface area contributed by atoms with Crippen molar-refractivity contribution in [3.05, 3.63) is 69.2 Å². The number of nitrogens with zero attached hydrogens (tertiary/aromatic N) is 7. The van der Waals surface area contributed by atoms with Gasteiger partial charge in [0.1, 0.15) is 5.52 Å². The number of hydrogen-bond donors (Lipinski definition) is 0. The van der Waals surface area contributed by atoms with Crippen molar-refractivity contribution in [1.29, 1.82) is 0 Å². The molecular formula is C22H21N7O2S. The summed E-state index contributed by atoms with van der Waals surface area (Å²) in [5, 5.41) is 18.5. The number of aryl methyl sites for hydroxylation is 1. The highest BCUT2D eigenvalue weighted by molar-refractivity contribution is 7.98. The lowest BCUT2D eigenvalue weighted by Crippen LogP contribution is -2.24. The molecule has 0 aliphatic rings. The maximum Gasteiger partial charge on any atom is 0.278 e. The van der Waals surface area contributed by atoms with Crippen LogP contribution >= 0.6 is 11.8 Å². The molecule has 0 unspecified atom stereocenters. The van der Waals surface area contributed by atoms with Crippen molar-refractivity contribution >= 4 is 39.3 Å². The highest BCUT2D eigenvalue weighted by atomic mass is 32.2. The number of hydrogen-bond acceptors (Lipinski definition) is 7. The second kappa shape index (κ2) is 8.19. The number of rotatable bonds is 6. The van der Waals surface area contributed by atoms with Crippen LogP contribution in [0, 0.1) is 5.92 Å². The van der Waals surface area contributed by atoms with Crippen molar-refractivity contribution in [1.82, 2.24) is 34.2 Å². The standard InChI is InChI=1S/C22H21N7O2S/c1-14(2)11-12-27-19(30)16-8-4-6-10-18(16)29-21(27)24-25-22(29)32-13-28-20(31)15-7-3-5-9-17(15)23-26-28/h3-10,14H,11-13H2,1-2H3. The lowest BCUT2D eigenvalue weighted by atomic mass is 10.1. The van der Waals surface area contributed by atoms with Gasteiger partial charge < -0.3 is 0 Å². The van der Waals surface area contributed by atoms with E-state index in [-0.39, 0.29) is 17.0 Å². The fourth-order valence-corrected chi connectivity index (χ4v) is 4.46. The molecule has 0 saturated heterocycles. The summed E-state index contributed by atoms with van der Waals surface area (Å²) in [5.41, 5.74) is 1.01. The van der Waals surface area contributed by atoms with Crippen LogP contribution < -0.4 is 11.1 Å². The van der Waals surface area contributed by atoms with Gasteiger partial charge in [0.15, 0.2) is 5.16 Å². The van der Waals surface area contributed by atoms with Crippen LogP contribution in [0.15, 0.2) is 63.3 Å². The first-order valence-electron chi connectivity index (χ1n) is 10.4. The molecule has 0 saturated carbocycles. The summed E-state index contributed by atoms with van der Waals surface area (Å²) in [4.78, 5) is 25.9. The quantitative estimate of drug-likeness (QED) is 0.369. The summed E-state index contributed by atoms with van der Waals surface area (Å²) in [6, 6.07) is 14.6. The van der Waals surface area contributed by atoms with Crippen LogP contribution in [-0.2, 0) is 12.4 Å². The Morgan fingerprint density at radius 2 is 1.66 bits per heavy atom. The van der Waals surface area contributed by atoms with Crippen LogP contribution in [0.5, 0.6) is 0 Å². The lowest BCUT2D eigenvalue weighted by Gasteiger charge is -2.12. The van der Waals surface area contributed by atoms with Gasteiger partial charge in [-0.05, 0) is 36.6 Å². The molecule has 9 nitrogen and oxygen atoms in total. The van der Waals surface area contributed by atoms with E-state index in [0.29, 0.717) is 39.7 Å². The van der Waals surface area contributed by atoms with Gasteiger partial charge in [0.05, 0.1) is 22.2 Å². The van der Waals surface area contributed by atoms with E-state index < -0.39 is 0 Å². The zero-order valence-corrected chi connectivity index (χ0v) is 18.5. The van der Waals surface area contributed by atoms with Crippen molar-refractivity contribution in [2.24, 2.45) is 5.92 Å². The molecule has 0 bridgehead atoms. The molecule has 0 aliphatic heterocycles. The predicted molar refractivity (Wildman–Crippen MR) is 124 cm³/mol. The first-order chi connectivity index (χ1) is 15.5. The summed E-state index contributed by atoms with van der Waals surface area (Å²) in [6.07, 6.45) is 0.852. The van der Waals surface area contributed by atoms with Gasteiger partial charge in [-0.1, -0.05) is 55.1 Å². The molecule has 0 atom stereocenters. The van der Waals surface area contributed by atoms with Crippen LogP contribution in [-0.4, -0.2) is 34.2 Å². The van der Waals surface area contributed by atoms with Gasteiger partial charge in [0, 0.05) is 6.54 Å². The Hall–Kier alpha value is -3.53. The molecule has 162 valence electrons. The molecule has 3 heterocycles. The van der Waals surface area contributed by atoms with Gasteiger partial charge in [-0.2, -0.15) is 4.68 Å². The van der Waals surface area contributed by atoms with E-state index in [2.05, 4.69) is 34.4 Å². The first kappa shape index (κ1) is 20.4. The molecule has 0 amide bonds. The molecule has 5 aromatic rings. The zero-order valence-electron chi connectivity index (χ0n) is 17.7. The SMILES string of the molecule is CC(C)CCn1c(=O)c2ccccc2n2c(SCn3nnc4ccccc4c3=O)nnc12. The molecule has 10 heteroatoms. The van der Waals surface area contributed by atoms with E-state index in [1.54, 1.807) is 22.8 Å². The van der Waals surface area contributed by atoms with Crippen LogP contribution in [0.2, 0.25) is 0 Å². The lowest BCUT2D eigenvalue weighted by molar-refractivity contribution is 0.512. The van der Waals surface area contributed by atoms with Crippen LogP contribution in [0.25, 0.3) is 27.6 Å². The minimum atomic E-state index is -0.212. The Kier molecular flexibility index (Phi) is 5.22. The maximum absolute atomic E-state index is 13.1. The zero-order chi connectivity index (χ0) is 22.2. The van der Waals surface area contributed by atoms with E-state index >= 15 is 0 Å². The highest BCUT2D eigenvalue weighted by Gasteiger charge is 2.17. The molecule has 32 heavy (non-hydrogen) atoms. The third-order valence-electron chi connectivity index (χ3n) is 5.35. The molecule has 0 spiro atoms. The van der Waals surface area contributed by atoms with E-state index in [0.717, 1.165) is 11.9 Å². The summed E-state index contributed by atoms with van der Waals surface area (Å²) >= 11 is 1.32. The van der Waals surface area contributed by atoms with Gasteiger partial charge in [-0.25, -0.2) is 0 Å². The van der Waals surface area contributed by atoms with Crippen molar-refractivity contribution in [2.45, 2.75) is 37.8 Å². The van der Waals surface area contributed by atoms with E-state index in [4.69, 9.17) is 0 Å². The second-order valence-corrected chi connectivity index (χ2v) is 8.87. The normalized spacial score (nSPS) is 11.8. The van der Waals surface area contributed by atoms with Gasteiger partial charge in [0.2, 0.25) is 5.78 Å². The molecule has 5 rings (SSSR count). The van der Waals surface area contributed by atoms with Gasteiger partial charge in [-0.3, -0.25) is 18.6 Å². The number of fused-ring (bicyclic) bond motifs is 4. The van der Waals surface area contributed by atoms with Crippen molar-refractivity contribution in [3.63, 3.8) is 0 Å². The van der Waals surface area contributed by atoms with Crippen molar-refractivity contribution < 1.29 is 0 Å². The van der Waals surface area contributed by atoms with Gasteiger partial charge in [-0.15, -0.1) is 15.3 Å². The van der Waals surface area contributed by atoms with E-state index in [9.17, 15) is 9.59 Å². The second-order valence-electron chi connectivity index (χ2n) is 7.96.